The fourth-order valence-corrected chi connectivity index (χ4v) is 4.67. The quantitative estimate of drug-likeness (QED) is 0.562. The summed E-state index contributed by atoms with van der Waals surface area (Å²) in [5.41, 5.74) is 10.8. The molecule has 3 aromatic rings. The number of aryl methyl sites for hydroxylation is 3. The van der Waals surface area contributed by atoms with E-state index in [1.54, 1.807) is 16.9 Å². The number of aromatic nitrogens is 2. The minimum Gasteiger partial charge on any atom is -0.399 e. The first-order valence-electron chi connectivity index (χ1n) is 10.4. The van der Waals surface area contributed by atoms with Gasteiger partial charge in [-0.3, -0.25) is 9.48 Å². The van der Waals surface area contributed by atoms with E-state index in [0.717, 1.165) is 22.3 Å². The molecule has 172 valence electrons. The zero-order valence-electron chi connectivity index (χ0n) is 19.4. The Kier molecular flexibility index (Phi) is 6.20. The predicted molar refractivity (Wildman–Crippen MR) is 128 cm³/mol. The second-order valence-corrected chi connectivity index (χ2v) is 10.8. The molecule has 0 unspecified atom stereocenters. The Labute approximate surface area is 191 Å². The molecule has 7 nitrogen and oxygen atoms in total. The molecule has 8 heteroatoms. The third-order valence-electron chi connectivity index (χ3n) is 5.30. The van der Waals surface area contributed by atoms with Gasteiger partial charge in [0.15, 0.2) is 0 Å². The lowest BCUT2D eigenvalue weighted by Gasteiger charge is -2.19. The number of hydrogen-bond acceptors (Lipinski definition) is 5. The van der Waals surface area contributed by atoms with E-state index in [1.165, 1.54) is 18.2 Å². The summed E-state index contributed by atoms with van der Waals surface area (Å²) in [6.07, 6.45) is 2.03. The highest BCUT2D eigenvalue weighted by Crippen LogP contribution is 2.24. The van der Waals surface area contributed by atoms with Crippen molar-refractivity contribution in [3.63, 3.8) is 0 Å². The average Bonchev–Trinajstić information content (AvgIpc) is 3.09. The highest BCUT2D eigenvalue weighted by Gasteiger charge is 2.26. The maximum atomic E-state index is 13.1. The van der Waals surface area contributed by atoms with Crippen LogP contribution in [0.1, 0.15) is 60.5 Å². The van der Waals surface area contributed by atoms with Crippen LogP contribution in [0.4, 0.5) is 5.69 Å². The lowest BCUT2D eigenvalue weighted by molar-refractivity contribution is 0.0980. The Morgan fingerprint density at radius 1 is 1.12 bits per heavy atom. The molecule has 0 spiro atoms. The minimum absolute atomic E-state index is 0. The lowest BCUT2D eigenvalue weighted by Crippen LogP contribution is -2.31. The molecule has 0 saturated carbocycles. The van der Waals surface area contributed by atoms with Gasteiger partial charge in [-0.1, -0.05) is 23.8 Å². The Hall–Kier alpha value is -3.13. The van der Waals surface area contributed by atoms with E-state index in [-0.39, 0.29) is 17.4 Å². The number of nitrogens with two attached hydrogens (primary N) is 1. The van der Waals surface area contributed by atoms with Gasteiger partial charge in [-0.05, 0) is 76.4 Å². The number of nitrogen functional groups attached to an aromatic ring is 1. The van der Waals surface area contributed by atoms with Crippen molar-refractivity contribution in [3.05, 3.63) is 76.1 Å². The Bertz CT molecular complexity index is 1270. The van der Waals surface area contributed by atoms with E-state index in [9.17, 15) is 13.2 Å². The monoisotopic (exact) mass is 456 g/mol. The Morgan fingerprint density at radius 2 is 1.75 bits per heavy atom. The topological polar surface area (TPSA) is 107 Å². The van der Waals surface area contributed by atoms with Gasteiger partial charge in [0.25, 0.3) is 15.9 Å². The highest BCUT2D eigenvalue weighted by atomic mass is 32.2. The summed E-state index contributed by atoms with van der Waals surface area (Å²) < 4.78 is 29.4. The molecule has 2 aromatic carbocycles. The molecule has 1 amide bonds. The fourth-order valence-electron chi connectivity index (χ4n) is 3.65. The van der Waals surface area contributed by atoms with Gasteiger partial charge in [-0.2, -0.15) is 5.10 Å². The second-order valence-electron chi connectivity index (χ2n) is 9.17. The number of benzene rings is 2. The van der Waals surface area contributed by atoms with Gasteiger partial charge >= 0.3 is 0 Å². The van der Waals surface area contributed by atoms with Crippen LogP contribution in [0, 0.1) is 20.8 Å². The van der Waals surface area contributed by atoms with Crippen LogP contribution in [0.3, 0.4) is 0 Å². The zero-order valence-corrected chi connectivity index (χ0v) is 20.2. The number of nitrogens with one attached hydrogen (secondary N) is 1. The first-order chi connectivity index (χ1) is 14.8. The molecule has 32 heavy (non-hydrogen) atoms. The number of amides is 1. The number of rotatable bonds is 5. The largest absolute Gasteiger partial charge is 0.399 e. The van der Waals surface area contributed by atoms with Crippen LogP contribution >= 0.6 is 0 Å². The van der Waals surface area contributed by atoms with E-state index in [0.29, 0.717) is 17.8 Å². The molecule has 0 fully saturated rings. The summed E-state index contributed by atoms with van der Waals surface area (Å²) in [6.45, 7) is 12.0. The zero-order chi connectivity index (χ0) is 23.8. The van der Waals surface area contributed by atoms with Crippen molar-refractivity contribution >= 4 is 21.6 Å². The van der Waals surface area contributed by atoms with Gasteiger partial charge < -0.3 is 5.73 Å². The maximum Gasteiger partial charge on any atom is 0.268 e. The molecular formula is C24H32N4O3S. The molecule has 3 rings (SSSR count). The molecule has 0 aliphatic carbocycles. The van der Waals surface area contributed by atoms with E-state index < -0.39 is 15.9 Å². The normalized spacial score (nSPS) is 12.1. The summed E-state index contributed by atoms with van der Waals surface area (Å²) in [7, 11) is -4.08. The molecule has 1 heterocycles. The third kappa shape index (κ3) is 5.02. The fraction of sp³-hybridized carbons (Fsp3) is 0.333. The van der Waals surface area contributed by atoms with E-state index in [4.69, 9.17) is 5.73 Å². The molecule has 0 atom stereocenters. The molecule has 0 bridgehead atoms. The molecular weight excluding hydrogens is 424 g/mol. The van der Waals surface area contributed by atoms with Crippen LogP contribution in [-0.4, -0.2) is 24.1 Å². The van der Waals surface area contributed by atoms with Gasteiger partial charge in [0.05, 0.1) is 21.7 Å². The highest BCUT2D eigenvalue weighted by molar-refractivity contribution is 7.90. The molecule has 1 aromatic heterocycles. The van der Waals surface area contributed by atoms with Crippen LogP contribution in [0.2, 0.25) is 0 Å². The second kappa shape index (κ2) is 8.43. The summed E-state index contributed by atoms with van der Waals surface area (Å²) in [6, 6.07) is 10.00. The van der Waals surface area contributed by atoms with Crippen molar-refractivity contribution in [1.29, 1.82) is 0 Å². The average molecular weight is 457 g/mol. The summed E-state index contributed by atoms with van der Waals surface area (Å²) in [5.74, 6) is -0.722. The van der Waals surface area contributed by atoms with Crippen LogP contribution in [0.5, 0.6) is 0 Å². The van der Waals surface area contributed by atoms with Crippen LogP contribution in [0.25, 0.3) is 0 Å². The lowest BCUT2D eigenvalue weighted by atomic mass is 9.95. The van der Waals surface area contributed by atoms with Crippen molar-refractivity contribution in [2.75, 3.05) is 5.73 Å². The molecule has 0 aliphatic rings. The number of nitrogens with zero attached hydrogens (tertiary/aromatic N) is 2. The van der Waals surface area contributed by atoms with Crippen molar-refractivity contribution in [3.8, 4) is 0 Å². The van der Waals surface area contributed by atoms with Gasteiger partial charge in [0.1, 0.15) is 0 Å². The predicted octanol–water partition coefficient (Wildman–Crippen LogP) is 4.10. The standard InChI is InChI=1S/C24H30N4O3S.H2/c1-15-10-16(2)20(17(3)11-15)13-22-21(14-28(26-22)24(4,5)6)23(29)27-32(30,31)19-9-7-8-18(25)12-19;/h7-12,14H,13,25H2,1-6H3,(H,27,29);1H. The van der Waals surface area contributed by atoms with Crippen LogP contribution in [0.15, 0.2) is 47.5 Å². The van der Waals surface area contributed by atoms with Crippen molar-refractivity contribution in [1.82, 2.24) is 14.5 Å². The van der Waals surface area contributed by atoms with E-state index in [1.807, 2.05) is 41.5 Å². The number of sulfonamides is 1. The van der Waals surface area contributed by atoms with E-state index in [2.05, 4.69) is 22.0 Å². The molecule has 0 aliphatic heterocycles. The van der Waals surface area contributed by atoms with Gasteiger partial charge in [-0.25, -0.2) is 13.1 Å². The summed E-state index contributed by atoms with van der Waals surface area (Å²) in [4.78, 5) is 13.1. The van der Waals surface area contributed by atoms with Gasteiger partial charge in [0.2, 0.25) is 0 Å². The number of hydrogen-bond donors (Lipinski definition) is 2. The maximum absolute atomic E-state index is 13.1. The Balaban J connectivity index is 0.00000385. The SMILES string of the molecule is Cc1cc(C)c(Cc2nn(C(C)(C)C)cc2C(=O)NS(=O)(=O)c2cccc(N)c2)c(C)c1.[HH]. The van der Waals surface area contributed by atoms with Crippen molar-refractivity contribution < 1.29 is 14.6 Å². The van der Waals surface area contributed by atoms with Gasteiger partial charge in [0, 0.05) is 19.7 Å². The number of carbonyl (C=O) groups excluding carboxylic acids is 1. The molecule has 0 radical (unpaired) electrons. The van der Waals surface area contributed by atoms with Crippen LogP contribution < -0.4 is 10.5 Å². The first-order valence-corrected chi connectivity index (χ1v) is 11.8. The summed E-state index contributed by atoms with van der Waals surface area (Å²) >= 11 is 0. The number of carbonyl (C=O) groups is 1. The van der Waals surface area contributed by atoms with E-state index >= 15 is 0 Å². The van der Waals surface area contributed by atoms with Crippen LogP contribution in [-0.2, 0) is 22.0 Å². The van der Waals surface area contributed by atoms with Crippen molar-refractivity contribution in [2.24, 2.45) is 0 Å². The third-order valence-corrected chi connectivity index (χ3v) is 6.63. The molecule has 3 N–H and O–H groups in total. The van der Waals surface area contributed by atoms with Crippen molar-refractivity contribution in [2.45, 2.75) is 58.4 Å². The summed E-state index contributed by atoms with van der Waals surface area (Å²) in [5, 5.41) is 4.66. The minimum atomic E-state index is -4.08. The smallest absolute Gasteiger partial charge is 0.268 e. The first kappa shape index (κ1) is 23.5. The number of anilines is 1. The van der Waals surface area contributed by atoms with Gasteiger partial charge in [-0.15, -0.1) is 0 Å². The molecule has 0 saturated heterocycles. The Morgan fingerprint density at radius 3 is 2.31 bits per heavy atom.